The monoisotopic (exact) mass is 486 g/mol. The van der Waals surface area contributed by atoms with Gasteiger partial charge in [0.1, 0.15) is 0 Å². The van der Waals surface area contributed by atoms with Gasteiger partial charge in [-0.05, 0) is 62.1 Å². The summed E-state index contributed by atoms with van der Waals surface area (Å²) in [6, 6.07) is 15.2. The van der Waals surface area contributed by atoms with Crippen LogP contribution in [0.3, 0.4) is 0 Å². The molecule has 0 aliphatic rings. The maximum absolute atomic E-state index is 13.9. The Labute approximate surface area is 168 Å². The van der Waals surface area contributed by atoms with E-state index in [1.807, 2.05) is 76.2 Å². The molecule has 2 nitrogen and oxygen atoms in total. The van der Waals surface area contributed by atoms with E-state index in [0.717, 1.165) is 20.1 Å². The highest BCUT2D eigenvalue weighted by Gasteiger charge is 2.51. The summed E-state index contributed by atoms with van der Waals surface area (Å²) in [5.41, 5.74) is 1.66. The van der Waals surface area contributed by atoms with Crippen LogP contribution >= 0.6 is 31.9 Å². The first kappa shape index (κ1) is 20.7. The van der Waals surface area contributed by atoms with E-state index in [4.69, 9.17) is 0 Å². The van der Waals surface area contributed by atoms with Crippen LogP contribution in [-0.4, -0.2) is 8.42 Å². The molecule has 0 N–H and O–H groups in total. The van der Waals surface area contributed by atoms with E-state index < -0.39 is 19.3 Å². The molecule has 0 radical (unpaired) electrons. The number of rotatable bonds is 6. The van der Waals surface area contributed by atoms with Gasteiger partial charge >= 0.3 is 0 Å². The zero-order chi connectivity index (χ0) is 18.9. The molecular formula is C20H24Br2O2S. The molecule has 0 amide bonds. The molecule has 0 aliphatic heterocycles. The minimum atomic E-state index is -3.52. The van der Waals surface area contributed by atoms with Gasteiger partial charge in [-0.25, -0.2) is 8.42 Å². The largest absolute Gasteiger partial charge is 0.227 e. The van der Waals surface area contributed by atoms with Gasteiger partial charge in [0.05, 0.1) is 9.49 Å². The molecule has 0 saturated carbocycles. The van der Waals surface area contributed by atoms with Crippen LogP contribution in [0.1, 0.15) is 51.7 Å². The molecule has 136 valence electrons. The van der Waals surface area contributed by atoms with E-state index in [0.29, 0.717) is 12.8 Å². The van der Waals surface area contributed by atoms with E-state index in [1.54, 1.807) is 0 Å². The predicted octanol–water partition coefficient (Wildman–Crippen LogP) is 6.58. The summed E-state index contributed by atoms with van der Waals surface area (Å²) in [4.78, 5) is 0. The molecule has 0 saturated heterocycles. The Morgan fingerprint density at radius 3 is 1.24 bits per heavy atom. The van der Waals surface area contributed by atoms with Crippen LogP contribution in [0.25, 0.3) is 0 Å². The number of halogens is 2. The molecule has 25 heavy (non-hydrogen) atoms. The summed E-state index contributed by atoms with van der Waals surface area (Å²) in [6.07, 6.45) is 1.03. The van der Waals surface area contributed by atoms with Crippen molar-refractivity contribution >= 4 is 41.7 Å². The van der Waals surface area contributed by atoms with Gasteiger partial charge in [-0.15, -0.1) is 0 Å². The fourth-order valence-electron chi connectivity index (χ4n) is 3.20. The second kappa shape index (κ2) is 7.53. The lowest BCUT2D eigenvalue weighted by atomic mass is 9.96. The van der Waals surface area contributed by atoms with E-state index in [9.17, 15) is 8.42 Å². The molecule has 2 aromatic rings. The molecule has 0 aromatic heterocycles. The molecule has 0 bridgehead atoms. The lowest BCUT2D eigenvalue weighted by Gasteiger charge is -2.39. The number of hydrogen-bond acceptors (Lipinski definition) is 2. The van der Waals surface area contributed by atoms with Crippen molar-refractivity contribution in [2.45, 2.75) is 50.0 Å². The molecule has 2 unspecified atom stereocenters. The summed E-state index contributed by atoms with van der Waals surface area (Å²) in [5, 5.41) is 0. The fourth-order valence-corrected chi connectivity index (χ4v) is 6.38. The first-order valence-corrected chi connectivity index (χ1v) is 11.5. The van der Waals surface area contributed by atoms with Crippen molar-refractivity contribution in [2.75, 3.05) is 0 Å². The Balaban J connectivity index is 2.66. The molecule has 2 aromatic carbocycles. The van der Waals surface area contributed by atoms with Crippen molar-refractivity contribution < 1.29 is 8.42 Å². The Morgan fingerprint density at radius 2 is 1.00 bits per heavy atom. The molecule has 2 atom stereocenters. The number of hydrogen-bond donors (Lipinski definition) is 0. The highest BCUT2D eigenvalue weighted by molar-refractivity contribution is 9.10. The number of benzene rings is 2. The highest BCUT2D eigenvalue weighted by atomic mass is 79.9. The molecule has 2 rings (SSSR count). The Bertz CT molecular complexity index is 764. The lowest BCUT2D eigenvalue weighted by molar-refractivity contribution is 0.477. The van der Waals surface area contributed by atoms with E-state index in [2.05, 4.69) is 31.9 Å². The average molecular weight is 488 g/mol. The van der Waals surface area contributed by atoms with Crippen molar-refractivity contribution in [3.63, 3.8) is 0 Å². The average Bonchev–Trinajstić information content (AvgIpc) is 2.61. The zero-order valence-electron chi connectivity index (χ0n) is 15.0. The van der Waals surface area contributed by atoms with Gasteiger partial charge in [-0.2, -0.15) is 0 Å². The van der Waals surface area contributed by atoms with Crippen LogP contribution in [0.2, 0.25) is 0 Å². The quantitative estimate of drug-likeness (QED) is 0.461. The summed E-state index contributed by atoms with van der Waals surface area (Å²) in [5.74, 6) is 0. The van der Waals surface area contributed by atoms with Crippen LogP contribution in [0.15, 0.2) is 57.5 Å². The Morgan fingerprint density at radius 1 is 0.720 bits per heavy atom. The maximum Gasteiger partial charge on any atom is 0.169 e. The van der Waals surface area contributed by atoms with Gasteiger partial charge in [-0.1, -0.05) is 70.0 Å². The van der Waals surface area contributed by atoms with Crippen molar-refractivity contribution in [1.29, 1.82) is 0 Å². The third-order valence-electron chi connectivity index (χ3n) is 5.45. The molecule has 5 heteroatoms. The Kier molecular flexibility index (Phi) is 6.22. The first-order chi connectivity index (χ1) is 11.6. The molecule has 0 spiro atoms. The molecule has 0 aliphatic carbocycles. The lowest BCUT2D eigenvalue weighted by Crippen LogP contribution is -2.45. The third-order valence-corrected chi connectivity index (χ3v) is 9.92. The minimum absolute atomic E-state index is 0.517. The highest BCUT2D eigenvalue weighted by Crippen LogP contribution is 2.47. The number of sulfone groups is 1. The second-order valence-corrected chi connectivity index (χ2v) is 11.3. The van der Waals surface area contributed by atoms with Crippen LogP contribution in [0, 0.1) is 0 Å². The topological polar surface area (TPSA) is 34.1 Å². The smallest absolute Gasteiger partial charge is 0.169 e. The normalized spacial score (nSPS) is 16.9. The second-order valence-electron chi connectivity index (χ2n) is 6.69. The van der Waals surface area contributed by atoms with Crippen LogP contribution < -0.4 is 0 Å². The van der Waals surface area contributed by atoms with E-state index in [-0.39, 0.29) is 0 Å². The van der Waals surface area contributed by atoms with E-state index >= 15 is 0 Å². The van der Waals surface area contributed by atoms with Gasteiger partial charge in [-0.3, -0.25) is 0 Å². The van der Waals surface area contributed by atoms with Crippen molar-refractivity contribution in [1.82, 2.24) is 0 Å². The van der Waals surface area contributed by atoms with Crippen LogP contribution in [0.5, 0.6) is 0 Å². The van der Waals surface area contributed by atoms with Gasteiger partial charge < -0.3 is 0 Å². The third kappa shape index (κ3) is 3.47. The van der Waals surface area contributed by atoms with Crippen molar-refractivity contribution in [2.24, 2.45) is 0 Å². The summed E-state index contributed by atoms with van der Waals surface area (Å²) >= 11 is 6.85. The molecule has 0 fully saturated rings. The fraction of sp³-hybridized carbons (Fsp3) is 0.400. The summed E-state index contributed by atoms with van der Waals surface area (Å²) in [7, 11) is -3.52. The molecule has 0 heterocycles. The summed E-state index contributed by atoms with van der Waals surface area (Å²) < 4.78 is 27.7. The maximum atomic E-state index is 13.9. The SMILES string of the molecule is CCC(C)(c1ccc(Br)cc1)S(=O)(=O)C(C)(CC)c1ccc(Br)cc1. The summed E-state index contributed by atoms with van der Waals surface area (Å²) in [6.45, 7) is 7.57. The molecular weight excluding hydrogens is 464 g/mol. The van der Waals surface area contributed by atoms with Crippen molar-refractivity contribution in [3.8, 4) is 0 Å². The zero-order valence-corrected chi connectivity index (χ0v) is 19.0. The van der Waals surface area contributed by atoms with E-state index in [1.165, 1.54) is 0 Å². The van der Waals surface area contributed by atoms with Gasteiger partial charge in [0.15, 0.2) is 9.84 Å². The van der Waals surface area contributed by atoms with Crippen LogP contribution in [-0.2, 0) is 19.3 Å². The Hall–Kier alpha value is -0.650. The first-order valence-electron chi connectivity index (χ1n) is 8.38. The van der Waals surface area contributed by atoms with Gasteiger partial charge in [0, 0.05) is 8.95 Å². The van der Waals surface area contributed by atoms with Crippen molar-refractivity contribution in [3.05, 3.63) is 68.6 Å². The minimum Gasteiger partial charge on any atom is -0.227 e. The van der Waals surface area contributed by atoms with Gasteiger partial charge in [0.2, 0.25) is 0 Å². The van der Waals surface area contributed by atoms with Gasteiger partial charge in [0.25, 0.3) is 0 Å². The standard InChI is InChI=1S/C20H24Br2O2S/c1-5-19(3,15-7-11-17(21)12-8-15)25(23,24)20(4,6-2)16-9-13-18(22)14-10-16/h7-14H,5-6H2,1-4H3. The van der Waals surface area contributed by atoms with Crippen LogP contribution in [0.4, 0.5) is 0 Å². The predicted molar refractivity (Wildman–Crippen MR) is 112 cm³/mol.